The Hall–Kier alpha value is 0.01000. The lowest BCUT2D eigenvalue weighted by Gasteiger charge is -2.41. The summed E-state index contributed by atoms with van der Waals surface area (Å²) in [6, 6.07) is 6.67. The van der Waals surface area contributed by atoms with Crippen LogP contribution in [0.5, 0.6) is 0 Å². The maximum atomic E-state index is 5.01. The molecule has 126 valence electrons. The zero-order valence-electron chi connectivity index (χ0n) is 15.9. The fourth-order valence-electron chi connectivity index (χ4n) is 3.02. The summed E-state index contributed by atoms with van der Waals surface area (Å²) in [6.45, 7) is 19.0. The van der Waals surface area contributed by atoms with E-state index in [2.05, 4.69) is 73.6 Å². The van der Waals surface area contributed by atoms with Crippen LogP contribution >= 0.6 is 15.8 Å². The van der Waals surface area contributed by atoms with Gasteiger partial charge in [-0.3, -0.25) is 4.98 Å². The Morgan fingerprint density at radius 3 is 1.68 bits per heavy atom. The van der Waals surface area contributed by atoms with Crippen LogP contribution in [-0.4, -0.2) is 27.6 Å². The third kappa shape index (κ3) is 6.25. The first-order valence-corrected chi connectivity index (χ1v) is 11.9. The molecule has 22 heavy (non-hydrogen) atoms. The van der Waals surface area contributed by atoms with E-state index in [1.54, 1.807) is 0 Å². The van der Waals surface area contributed by atoms with Gasteiger partial charge in [0.2, 0.25) is 0 Å². The smallest absolute Gasteiger partial charge is 0.0450 e. The van der Waals surface area contributed by atoms with Crippen LogP contribution in [0.1, 0.15) is 66.8 Å². The van der Waals surface area contributed by atoms with Gasteiger partial charge in [0.05, 0.1) is 0 Å². The molecule has 0 saturated heterocycles. The Morgan fingerprint density at radius 1 is 0.818 bits per heavy atom. The Kier molecular flexibility index (Phi) is 7.48. The molecule has 1 aromatic heterocycles. The summed E-state index contributed by atoms with van der Waals surface area (Å²) in [4.78, 5) is 5.01. The van der Waals surface area contributed by atoms with Crippen molar-refractivity contribution in [1.82, 2.24) is 4.98 Å². The van der Waals surface area contributed by atoms with Crippen LogP contribution in [-0.2, 0) is 12.3 Å². The molecule has 0 radical (unpaired) electrons. The molecule has 0 spiro atoms. The van der Waals surface area contributed by atoms with Gasteiger partial charge in [-0.1, -0.05) is 69.4 Å². The maximum absolute atomic E-state index is 5.01. The normalized spacial score (nSPS) is 13.2. The van der Waals surface area contributed by atoms with Gasteiger partial charge in [0.1, 0.15) is 0 Å². The summed E-state index contributed by atoms with van der Waals surface area (Å²) in [5.41, 5.74) is 2.61. The molecule has 1 aromatic rings. The van der Waals surface area contributed by atoms with Gasteiger partial charge >= 0.3 is 0 Å². The van der Waals surface area contributed by atoms with Crippen LogP contribution in [0.2, 0.25) is 0 Å². The van der Waals surface area contributed by atoms with Crippen molar-refractivity contribution in [3.8, 4) is 0 Å². The van der Waals surface area contributed by atoms with Crippen LogP contribution in [0.3, 0.4) is 0 Å². The van der Waals surface area contributed by atoms with Gasteiger partial charge in [-0.2, -0.15) is 0 Å². The summed E-state index contributed by atoms with van der Waals surface area (Å²) in [5.74, 6) is 0. The molecule has 0 amide bonds. The Labute approximate surface area is 141 Å². The SMILES string of the molecule is CCP(CC)Cc1cccc(CP(C(C)(C)C)C(C)(C)C)n1. The molecule has 0 aliphatic rings. The van der Waals surface area contributed by atoms with Gasteiger partial charge in [-0.05, 0) is 34.8 Å². The summed E-state index contributed by atoms with van der Waals surface area (Å²) in [7, 11) is 0.0162. The summed E-state index contributed by atoms with van der Waals surface area (Å²) >= 11 is 0. The fourth-order valence-corrected chi connectivity index (χ4v) is 8.01. The largest absolute Gasteiger partial charge is 0.257 e. The second-order valence-corrected chi connectivity index (χ2v) is 14.8. The second-order valence-electron chi connectivity index (χ2n) is 8.01. The monoisotopic (exact) mass is 339 g/mol. The predicted octanol–water partition coefficient (Wildman–Crippen LogP) is 6.68. The average molecular weight is 339 g/mol. The molecular weight excluding hydrogens is 304 g/mol. The van der Waals surface area contributed by atoms with E-state index in [0.717, 1.165) is 6.16 Å². The van der Waals surface area contributed by atoms with E-state index in [1.807, 2.05) is 0 Å². The van der Waals surface area contributed by atoms with Gasteiger partial charge in [-0.25, -0.2) is 0 Å². The molecule has 0 aliphatic heterocycles. The summed E-state index contributed by atoms with van der Waals surface area (Å²) < 4.78 is 0. The third-order valence-electron chi connectivity index (χ3n) is 4.08. The molecule has 0 N–H and O–H groups in total. The number of pyridine rings is 1. The highest BCUT2D eigenvalue weighted by Crippen LogP contribution is 2.61. The van der Waals surface area contributed by atoms with Crippen molar-refractivity contribution >= 4 is 15.8 Å². The van der Waals surface area contributed by atoms with E-state index >= 15 is 0 Å². The van der Waals surface area contributed by atoms with Crippen molar-refractivity contribution in [3.05, 3.63) is 29.6 Å². The van der Waals surface area contributed by atoms with Crippen LogP contribution < -0.4 is 0 Å². The number of aromatic nitrogens is 1. The molecule has 0 aromatic carbocycles. The Balaban J connectivity index is 2.93. The number of nitrogens with zero attached hydrogens (tertiary/aromatic N) is 1. The quantitative estimate of drug-likeness (QED) is 0.527. The highest BCUT2D eigenvalue weighted by atomic mass is 31.1. The molecule has 3 heteroatoms. The standard InChI is InChI=1S/C19H35NP2/c1-9-21(10-2)14-16-12-11-13-17(20-16)15-22(18(3,4)5)19(6,7)8/h11-13H,9-10,14-15H2,1-8H3. The van der Waals surface area contributed by atoms with E-state index < -0.39 is 0 Å². The molecule has 1 heterocycles. The van der Waals surface area contributed by atoms with Crippen LogP contribution in [0, 0.1) is 0 Å². The van der Waals surface area contributed by atoms with Crippen molar-refractivity contribution in [3.63, 3.8) is 0 Å². The highest BCUT2D eigenvalue weighted by Gasteiger charge is 2.34. The number of hydrogen-bond acceptors (Lipinski definition) is 1. The van der Waals surface area contributed by atoms with Gasteiger partial charge in [0.25, 0.3) is 0 Å². The van der Waals surface area contributed by atoms with E-state index in [0.29, 0.717) is 10.3 Å². The fraction of sp³-hybridized carbons (Fsp3) is 0.737. The molecule has 0 saturated carbocycles. The molecule has 1 nitrogen and oxygen atoms in total. The number of hydrogen-bond donors (Lipinski definition) is 0. The minimum Gasteiger partial charge on any atom is -0.257 e. The molecular formula is C19H35NP2. The zero-order chi connectivity index (χ0) is 17.0. The predicted molar refractivity (Wildman–Crippen MR) is 106 cm³/mol. The van der Waals surface area contributed by atoms with Gasteiger partial charge in [0, 0.05) is 23.7 Å². The van der Waals surface area contributed by atoms with E-state index in [-0.39, 0.29) is 15.8 Å². The summed E-state index contributed by atoms with van der Waals surface area (Å²) in [6.07, 6.45) is 4.97. The Morgan fingerprint density at radius 2 is 1.27 bits per heavy atom. The van der Waals surface area contributed by atoms with Crippen molar-refractivity contribution in [2.45, 2.75) is 78.0 Å². The molecule has 0 atom stereocenters. The average Bonchev–Trinajstić information content (AvgIpc) is 2.40. The van der Waals surface area contributed by atoms with Crippen molar-refractivity contribution in [2.24, 2.45) is 0 Å². The molecule has 0 fully saturated rings. The third-order valence-corrected chi connectivity index (χ3v) is 10.5. The maximum Gasteiger partial charge on any atom is 0.0450 e. The zero-order valence-corrected chi connectivity index (χ0v) is 17.7. The molecule has 1 rings (SSSR count). The lowest BCUT2D eigenvalue weighted by molar-refractivity contribution is 0.701. The first-order chi connectivity index (χ1) is 10.1. The first-order valence-electron chi connectivity index (χ1n) is 8.52. The van der Waals surface area contributed by atoms with E-state index in [4.69, 9.17) is 4.98 Å². The topological polar surface area (TPSA) is 12.9 Å². The minimum absolute atomic E-state index is 0.116. The van der Waals surface area contributed by atoms with Gasteiger partial charge in [0.15, 0.2) is 0 Å². The van der Waals surface area contributed by atoms with Crippen molar-refractivity contribution < 1.29 is 0 Å². The summed E-state index contributed by atoms with van der Waals surface area (Å²) in [5, 5.41) is 0.732. The first kappa shape index (κ1) is 20.1. The minimum atomic E-state index is -0.116. The Bertz CT molecular complexity index is 439. The van der Waals surface area contributed by atoms with Gasteiger partial charge in [-0.15, -0.1) is 7.92 Å². The van der Waals surface area contributed by atoms with E-state index in [9.17, 15) is 0 Å². The second kappa shape index (κ2) is 8.21. The molecule has 0 aliphatic carbocycles. The highest BCUT2D eigenvalue weighted by molar-refractivity contribution is 7.60. The lowest BCUT2D eigenvalue weighted by Crippen LogP contribution is -2.26. The molecule has 0 unspecified atom stereocenters. The van der Waals surface area contributed by atoms with E-state index in [1.165, 1.54) is 29.9 Å². The van der Waals surface area contributed by atoms with Gasteiger partial charge < -0.3 is 0 Å². The molecule has 0 bridgehead atoms. The van der Waals surface area contributed by atoms with Crippen LogP contribution in [0.15, 0.2) is 18.2 Å². The van der Waals surface area contributed by atoms with Crippen molar-refractivity contribution in [2.75, 3.05) is 12.3 Å². The van der Waals surface area contributed by atoms with Crippen LogP contribution in [0.4, 0.5) is 0 Å². The number of rotatable bonds is 6. The van der Waals surface area contributed by atoms with Crippen molar-refractivity contribution in [1.29, 1.82) is 0 Å². The van der Waals surface area contributed by atoms with Crippen LogP contribution in [0.25, 0.3) is 0 Å². The lowest BCUT2D eigenvalue weighted by atomic mass is 10.2.